The van der Waals surface area contributed by atoms with Gasteiger partial charge in [0.1, 0.15) is 0 Å². The SMILES string of the molecule is C=C(C)C(=O)O[Si](O[Si](O[Si](O[Si](O[Si](O[Si](C(C)C)(C(C)C)C(C)C)(C(C)C)C(C)C)(C(C)C)C(C)C)(C(C)C)C(C)C)(C(C)C)C(C)C)(C(C)C)C(C)C. The number of rotatable bonds is 25. The highest BCUT2D eigenvalue weighted by Crippen LogP contribution is 2.55. The maximum absolute atomic E-state index is 13.5. The Labute approximate surface area is 356 Å². The second kappa shape index (κ2) is 21.4. The summed E-state index contributed by atoms with van der Waals surface area (Å²) in [6.45, 7) is 65.4. The molecule has 0 aliphatic heterocycles. The molecule has 0 fully saturated rings. The van der Waals surface area contributed by atoms with Crippen molar-refractivity contribution < 1.29 is 29.8 Å². The Hall–Kier alpha value is 0.311. The summed E-state index contributed by atoms with van der Waals surface area (Å²) < 4.78 is 47.2. The van der Waals surface area contributed by atoms with Crippen molar-refractivity contribution in [3.05, 3.63) is 12.2 Å². The zero-order chi connectivity index (χ0) is 44.9. The molecule has 0 amide bonds. The monoisotopic (exact) mass is 893 g/mol. The highest BCUT2D eigenvalue weighted by atomic mass is 28.5. The van der Waals surface area contributed by atoms with Crippen LogP contribution < -0.4 is 0 Å². The van der Waals surface area contributed by atoms with Crippen molar-refractivity contribution in [3.8, 4) is 0 Å². The van der Waals surface area contributed by atoms with Crippen LogP contribution in [0.2, 0.25) is 72.0 Å². The van der Waals surface area contributed by atoms with Crippen molar-refractivity contribution in [2.45, 2.75) is 259 Å². The van der Waals surface area contributed by atoms with Crippen LogP contribution in [0, 0.1) is 0 Å². The molecule has 0 saturated heterocycles. The predicted molar refractivity (Wildman–Crippen MR) is 257 cm³/mol. The molecule has 0 aliphatic rings. The largest absolute Gasteiger partial charge is 0.491 e. The minimum absolute atomic E-state index is 0.00913. The van der Waals surface area contributed by atoms with Crippen LogP contribution in [0.4, 0.5) is 0 Å². The van der Waals surface area contributed by atoms with Crippen LogP contribution in [-0.2, 0) is 29.8 Å². The van der Waals surface area contributed by atoms with E-state index in [1.54, 1.807) is 6.92 Å². The van der Waals surface area contributed by atoms with Crippen LogP contribution in [-0.4, -0.2) is 57.1 Å². The minimum atomic E-state index is -3.28. The maximum atomic E-state index is 13.5. The van der Waals surface area contributed by atoms with E-state index in [1.165, 1.54) is 0 Å². The lowest BCUT2D eigenvalue weighted by molar-refractivity contribution is -0.132. The molecule has 0 bridgehead atoms. The summed E-state index contributed by atoms with van der Waals surface area (Å²) in [6.07, 6.45) is 0. The lowest BCUT2D eigenvalue weighted by Crippen LogP contribution is -2.72. The van der Waals surface area contributed by atoms with Gasteiger partial charge in [0.25, 0.3) is 0 Å². The predicted octanol–water partition coefficient (Wildman–Crippen LogP) is 15.7. The Bertz CT molecular complexity index is 1170. The number of hydrogen-bond donors (Lipinski definition) is 0. The van der Waals surface area contributed by atoms with E-state index in [9.17, 15) is 4.79 Å². The van der Waals surface area contributed by atoms with Crippen LogP contribution in [0.5, 0.6) is 0 Å². The molecule has 0 spiro atoms. The molecule has 0 rings (SSSR count). The molecule has 56 heavy (non-hydrogen) atoms. The summed E-state index contributed by atoms with van der Waals surface area (Å²) in [7, 11) is -18.4. The van der Waals surface area contributed by atoms with Gasteiger partial charge in [0.15, 0.2) is 8.32 Å². The molecule has 0 unspecified atom stereocenters. The van der Waals surface area contributed by atoms with E-state index >= 15 is 0 Å². The first-order valence-corrected chi connectivity index (χ1v) is 34.5. The Kier molecular flexibility index (Phi) is 21.5. The molecule has 0 radical (unpaired) electrons. The van der Waals surface area contributed by atoms with Crippen molar-refractivity contribution in [1.29, 1.82) is 0 Å². The number of hydrogen-bond acceptors (Lipinski definition) is 7. The molecule has 0 atom stereocenters. The summed E-state index contributed by atoms with van der Waals surface area (Å²) in [5.74, 6) is -0.381. The van der Waals surface area contributed by atoms with E-state index in [4.69, 9.17) is 25.0 Å². The first-order chi connectivity index (χ1) is 25.1. The molecule has 0 aromatic carbocycles. The van der Waals surface area contributed by atoms with Gasteiger partial charge in [0.05, 0.1) is 0 Å². The summed E-state index contributed by atoms with van der Waals surface area (Å²) in [4.78, 5) is 13.5. The fourth-order valence-electron chi connectivity index (χ4n) is 9.65. The lowest BCUT2D eigenvalue weighted by atomic mass is 10.4. The second-order valence-corrected chi connectivity index (χ2v) is 49.4. The van der Waals surface area contributed by atoms with Gasteiger partial charge >= 0.3 is 48.8 Å². The van der Waals surface area contributed by atoms with Gasteiger partial charge in [-0.2, -0.15) is 0 Å². The summed E-state index contributed by atoms with van der Waals surface area (Å²) >= 11 is 0. The average Bonchev–Trinajstić information content (AvgIpc) is 3.02. The highest BCUT2D eigenvalue weighted by molar-refractivity contribution is 6.96. The van der Waals surface area contributed by atoms with E-state index in [-0.39, 0.29) is 61.4 Å². The first kappa shape index (κ1) is 56.3. The van der Waals surface area contributed by atoms with Gasteiger partial charge in [0, 0.05) is 16.7 Å². The van der Waals surface area contributed by atoms with E-state index in [0.717, 1.165) is 0 Å². The van der Waals surface area contributed by atoms with Crippen LogP contribution >= 0.6 is 0 Å². The molecule has 0 saturated carbocycles. The molecule has 13 heteroatoms. The van der Waals surface area contributed by atoms with E-state index in [0.29, 0.717) is 22.2 Å². The molecule has 0 aliphatic carbocycles. The summed E-state index contributed by atoms with van der Waals surface area (Å²) in [6, 6.07) is 0. The highest BCUT2D eigenvalue weighted by Gasteiger charge is 2.67. The van der Waals surface area contributed by atoms with Gasteiger partial charge in [-0.1, -0.05) is 187 Å². The zero-order valence-corrected chi connectivity index (χ0v) is 48.1. The Balaban J connectivity index is 8.50. The van der Waals surface area contributed by atoms with Crippen molar-refractivity contribution in [2.24, 2.45) is 0 Å². The fourth-order valence-corrected chi connectivity index (χ4v) is 53.6. The molecule has 7 nitrogen and oxygen atoms in total. The molecular weight excluding hydrogens is 797 g/mol. The second-order valence-electron chi connectivity index (χ2n) is 21.2. The summed E-state index contributed by atoms with van der Waals surface area (Å²) in [5, 5.41) is 0. The Morgan fingerprint density at radius 1 is 0.321 bits per heavy atom. The standard InChI is InChI=1S/C43H96O7Si6/c1-29(2)43(44)45-52(33(9)10,34(11)12)47-54(37(17)18,38(19)20)49-56(41(25)26,42(27)28)50-55(39(21)22,40(23)24)48-53(35(13)14,36(15)16)46-51(30(3)4,31(5)6)32(7)8/h30-42H,1H2,2-28H3. The van der Waals surface area contributed by atoms with Gasteiger partial charge in [-0.05, 0) is 67.9 Å². The number of carbonyl (C=O) groups excluding carboxylic acids is 1. The molecule has 0 aromatic heterocycles. The van der Waals surface area contributed by atoms with Gasteiger partial charge in [-0.3, -0.25) is 0 Å². The first-order valence-electron chi connectivity index (χ1n) is 22.5. The Morgan fingerprint density at radius 2 is 0.500 bits per heavy atom. The lowest BCUT2D eigenvalue weighted by Gasteiger charge is -2.58. The quantitative estimate of drug-likeness (QED) is 0.0668. The molecular formula is C43H96O7Si6. The van der Waals surface area contributed by atoms with Crippen molar-refractivity contribution >= 4 is 57.1 Å². The van der Waals surface area contributed by atoms with E-state index in [1.807, 2.05) is 0 Å². The molecule has 334 valence electrons. The third-order valence-corrected chi connectivity index (χ3v) is 47.9. The topological polar surface area (TPSA) is 72.5 Å². The van der Waals surface area contributed by atoms with Crippen LogP contribution in [0.15, 0.2) is 12.2 Å². The van der Waals surface area contributed by atoms with Gasteiger partial charge in [0.2, 0.25) is 0 Å². The molecule has 0 aromatic rings. The van der Waals surface area contributed by atoms with Gasteiger partial charge < -0.3 is 25.0 Å². The van der Waals surface area contributed by atoms with Crippen molar-refractivity contribution in [3.63, 3.8) is 0 Å². The maximum Gasteiger partial charge on any atom is 0.398 e. The average molecular weight is 894 g/mol. The third kappa shape index (κ3) is 11.2. The zero-order valence-electron chi connectivity index (χ0n) is 42.1. The minimum Gasteiger partial charge on any atom is -0.491 e. The third-order valence-electron chi connectivity index (χ3n) is 13.0. The summed E-state index contributed by atoms with van der Waals surface area (Å²) in [5.41, 5.74) is 2.61. The van der Waals surface area contributed by atoms with Gasteiger partial charge in [-0.25, -0.2) is 4.79 Å². The van der Waals surface area contributed by atoms with Crippen LogP contribution in [0.25, 0.3) is 0 Å². The van der Waals surface area contributed by atoms with E-state index < -0.39 is 51.1 Å². The smallest absolute Gasteiger partial charge is 0.398 e. The van der Waals surface area contributed by atoms with Gasteiger partial charge in [-0.15, -0.1) is 0 Å². The van der Waals surface area contributed by atoms with Crippen LogP contribution in [0.3, 0.4) is 0 Å². The van der Waals surface area contributed by atoms with E-state index in [2.05, 4.69) is 187 Å². The molecule has 0 heterocycles. The Morgan fingerprint density at radius 3 is 0.661 bits per heavy atom. The normalized spacial score (nSPS) is 14.8. The van der Waals surface area contributed by atoms with Crippen molar-refractivity contribution in [1.82, 2.24) is 0 Å². The fraction of sp³-hybridized carbons (Fsp3) is 0.930. The van der Waals surface area contributed by atoms with Crippen LogP contribution in [0.1, 0.15) is 187 Å². The molecule has 0 N–H and O–H groups in total. The number of carbonyl (C=O) groups is 1. The van der Waals surface area contributed by atoms with Crippen molar-refractivity contribution in [2.75, 3.05) is 0 Å².